The van der Waals surface area contributed by atoms with Crippen molar-refractivity contribution in [2.24, 2.45) is 0 Å². The molecule has 1 saturated heterocycles. The van der Waals surface area contributed by atoms with E-state index in [4.69, 9.17) is 9.84 Å². The first-order valence-electron chi connectivity index (χ1n) is 7.37. The van der Waals surface area contributed by atoms with Gasteiger partial charge in [-0.05, 0) is 12.1 Å². The monoisotopic (exact) mass is 335 g/mol. The second kappa shape index (κ2) is 6.65. The Labute approximate surface area is 136 Å². The molecule has 0 aliphatic carbocycles. The van der Waals surface area contributed by atoms with Crippen LogP contribution in [-0.4, -0.2) is 54.4 Å². The lowest BCUT2D eigenvalue weighted by Gasteiger charge is -2.18. The number of hydrogen-bond donors (Lipinski definition) is 3. The van der Waals surface area contributed by atoms with Crippen molar-refractivity contribution in [3.05, 3.63) is 63.2 Å². The summed E-state index contributed by atoms with van der Waals surface area (Å²) in [5.74, 6) is 0. The molecule has 9 heteroatoms. The predicted octanol–water partition coefficient (Wildman–Crippen LogP) is -1.94. The van der Waals surface area contributed by atoms with Gasteiger partial charge >= 0.3 is 5.69 Å². The highest BCUT2D eigenvalue weighted by molar-refractivity contribution is 5.05. The number of hydrogen-bond acceptors (Lipinski definition) is 7. The summed E-state index contributed by atoms with van der Waals surface area (Å²) >= 11 is 0. The van der Waals surface area contributed by atoms with Crippen molar-refractivity contribution in [2.45, 2.75) is 31.1 Å². The van der Waals surface area contributed by atoms with Gasteiger partial charge in [-0.15, -0.1) is 0 Å². The van der Waals surface area contributed by atoms with E-state index in [1.807, 2.05) is 0 Å². The lowest BCUT2D eigenvalue weighted by molar-refractivity contribution is -0.0555. The van der Waals surface area contributed by atoms with Crippen molar-refractivity contribution in [2.75, 3.05) is 6.61 Å². The lowest BCUT2D eigenvalue weighted by Crippen LogP contribution is -2.43. The second-order valence-corrected chi connectivity index (χ2v) is 5.48. The Balaban J connectivity index is 1.98. The van der Waals surface area contributed by atoms with Crippen LogP contribution in [0.3, 0.4) is 0 Å². The molecule has 4 atom stereocenters. The largest absolute Gasteiger partial charge is 0.394 e. The number of pyridine rings is 1. The van der Waals surface area contributed by atoms with Gasteiger partial charge in [0.15, 0.2) is 6.23 Å². The van der Waals surface area contributed by atoms with E-state index in [9.17, 15) is 19.8 Å². The molecule has 1 fully saturated rings. The summed E-state index contributed by atoms with van der Waals surface area (Å²) in [5, 5.41) is 29.0. The molecule has 9 nitrogen and oxygen atoms in total. The second-order valence-electron chi connectivity index (χ2n) is 5.48. The molecule has 128 valence electrons. The maximum Gasteiger partial charge on any atom is 0.333 e. The van der Waals surface area contributed by atoms with Gasteiger partial charge in [-0.3, -0.25) is 18.9 Å². The fourth-order valence-corrected chi connectivity index (χ4v) is 2.63. The first kappa shape index (κ1) is 16.5. The average Bonchev–Trinajstić information content (AvgIpc) is 2.88. The maximum absolute atomic E-state index is 12.6. The average molecular weight is 335 g/mol. The third-order valence-electron chi connectivity index (χ3n) is 3.93. The van der Waals surface area contributed by atoms with Gasteiger partial charge in [-0.2, -0.15) is 0 Å². The maximum atomic E-state index is 12.6. The first-order valence-corrected chi connectivity index (χ1v) is 7.37. The van der Waals surface area contributed by atoms with Crippen molar-refractivity contribution >= 4 is 0 Å². The lowest BCUT2D eigenvalue weighted by atomic mass is 10.1. The number of aliphatic hydroxyl groups excluding tert-OH is 3. The third-order valence-corrected chi connectivity index (χ3v) is 3.93. The Morgan fingerprint density at radius 2 is 1.96 bits per heavy atom. The number of aliphatic hydroxyl groups is 3. The molecule has 1 aliphatic rings. The van der Waals surface area contributed by atoms with Crippen LogP contribution in [0.4, 0.5) is 0 Å². The van der Waals surface area contributed by atoms with Gasteiger partial charge in [0.2, 0.25) is 0 Å². The van der Waals surface area contributed by atoms with Crippen LogP contribution >= 0.6 is 0 Å². The molecule has 3 heterocycles. The Bertz CT molecular complexity index is 818. The number of aromatic nitrogens is 3. The molecule has 0 spiro atoms. The van der Waals surface area contributed by atoms with Crippen molar-refractivity contribution in [1.82, 2.24) is 14.1 Å². The van der Waals surface area contributed by atoms with Gasteiger partial charge in [-0.25, -0.2) is 4.79 Å². The van der Waals surface area contributed by atoms with E-state index < -0.39 is 42.4 Å². The molecule has 0 amide bonds. The molecule has 4 unspecified atom stereocenters. The van der Waals surface area contributed by atoms with Crippen LogP contribution in [0.1, 0.15) is 11.9 Å². The van der Waals surface area contributed by atoms with Crippen molar-refractivity contribution in [1.29, 1.82) is 0 Å². The Hall–Kier alpha value is -2.33. The molecule has 1 aliphatic heterocycles. The number of rotatable bonds is 4. The normalized spacial score (nSPS) is 26.6. The van der Waals surface area contributed by atoms with Gasteiger partial charge in [0.05, 0.1) is 18.8 Å². The highest BCUT2D eigenvalue weighted by Crippen LogP contribution is 2.27. The molecule has 3 N–H and O–H groups in total. The van der Waals surface area contributed by atoms with Gasteiger partial charge < -0.3 is 20.1 Å². The molecule has 0 saturated carbocycles. The summed E-state index contributed by atoms with van der Waals surface area (Å²) in [6.45, 7) is -0.537. The fraction of sp³-hybridized carbons (Fsp3) is 0.400. The van der Waals surface area contributed by atoms with Crippen molar-refractivity contribution in [3.63, 3.8) is 0 Å². The summed E-state index contributed by atoms with van der Waals surface area (Å²) in [5.41, 5.74) is -0.702. The SMILES string of the molecule is O=c1ccn(C2OC(CO)C(O)C2O)c(=O)n1Cc1ccccn1. The van der Waals surface area contributed by atoms with E-state index in [0.29, 0.717) is 5.69 Å². The van der Waals surface area contributed by atoms with Crippen LogP contribution < -0.4 is 11.2 Å². The van der Waals surface area contributed by atoms with Crippen molar-refractivity contribution in [3.8, 4) is 0 Å². The van der Waals surface area contributed by atoms with Crippen LogP contribution in [-0.2, 0) is 11.3 Å². The minimum absolute atomic E-state index is 0.0336. The highest BCUT2D eigenvalue weighted by Gasteiger charge is 2.43. The third kappa shape index (κ3) is 2.89. The van der Waals surface area contributed by atoms with Gasteiger partial charge in [-0.1, -0.05) is 6.07 Å². The smallest absolute Gasteiger partial charge is 0.333 e. The predicted molar refractivity (Wildman–Crippen MR) is 81.3 cm³/mol. The quantitative estimate of drug-likeness (QED) is 0.593. The Morgan fingerprint density at radius 3 is 2.58 bits per heavy atom. The standard InChI is InChI=1S/C15H17N3O6/c19-8-10-12(21)13(22)14(24-10)17-6-4-11(20)18(15(17)23)7-9-3-1-2-5-16-9/h1-6,10,12-14,19,21-22H,7-8H2. The van der Waals surface area contributed by atoms with E-state index in [-0.39, 0.29) is 6.54 Å². The Morgan fingerprint density at radius 1 is 1.17 bits per heavy atom. The van der Waals surface area contributed by atoms with Crippen LogP contribution in [0.25, 0.3) is 0 Å². The number of ether oxygens (including phenoxy) is 1. The summed E-state index contributed by atoms with van der Waals surface area (Å²) in [6, 6.07) is 6.30. The van der Waals surface area contributed by atoms with Gasteiger partial charge in [0.1, 0.15) is 18.3 Å². The molecule has 0 aromatic carbocycles. The summed E-state index contributed by atoms with van der Waals surface area (Å²) in [4.78, 5) is 28.7. The zero-order valence-electron chi connectivity index (χ0n) is 12.6. The molecule has 2 aromatic rings. The van der Waals surface area contributed by atoms with E-state index in [1.165, 1.54) is 12.3 Å². The zero-order valence-corrected chi connectivity index (χ0v) is 12.6. The Kier molecular flexibility index (Phi) is 4.58. The van der Waals surface area contributed by atoms with Crippen molar-refractivity contribution < 1.29 is 20.1 Å². The summed E-state index contributed by atoms with van der Waals surface area (Å²) in [7, 11) is 0. The zero-order chi connectivity index (χ0) is 17.3. The molecular formula is C15H17N3O6. The van der Waals surface area contributed by atoms with E-state index in [1.54, 1.807) is 24.4 Å². The minimum atomic E-state index is -1.40. The molecular weight excluding hydrogens is 318 g/mol. The minimum Gasteiger partial charge on any atom is -0.394 e. The molecule has 0 radical (unpaired) electrons. The molecule has 2 aromatic heterocycles. The summed E-state index contributed by atoms with van der Waals surface area (Å²) < 4.78 is 7.31. The van der Waals surface area contributed by atoms with Gasteiger partial charge in [0, 0.05) is 18.5 Å². The van der Waals surface area contributed by atoms with Crippen LogP contribution in [0, 0.1) is 0 Å². The summed E-state index contributed by atoms with van der Waals surface area (Å²) in [6.07, 6.45) is -2.19. The van der Waals surface area contributed by atoms with E-state index in [2.05, 4.69) is 4.98 Å². The molecule has 24 heavy (non-hydrogen) atoms. The fourth-order valence-electron chi connectivity index (χ4n) is 2.63. The van der Waals surface area contributed by atoms with Crippen LogP contribution in [0.2, 0.25) is 0 Å². The first-order chi connectivity index (χ1) is 11.5. The van der Waals surface area contributed by atoms with E-state index in [0.717, 1.165) is 9.13 Å². The topological polar surface area (TPSA) is 127 Å². The van der Waals surface area contributed by atoms with E-state index >= 15 is 0 Å². The highest BCUT2D eigenvalue weighted by atomic mass is 16.6. The van der Waals surface area contributed by atoms with Crippen LogP contribution in [0.15, 0.2) is 46.2 Å². The van der Waals surface area contributed by atoms with Crippen LogP contribution in [0.5, 0.6) is 0 Å². The number of nitrogens with zero attached hydrogens (tertiary/aromatic N) is 3. The molecule has 0 bridgehead atoms. The molecule has 3 rings (SSSR count). The van der Waals surface area contributed by atoms with Gasteiger partial charge in [0.25, 0.3) is 5.56 Å².